The molecule has 2 nitrogen and oxygen atoms in total. The van der Waals surface area contributed by atoms with Crippen LogP contribution in [0.15, 0.2) is 12.1 Å². The minimum atomic E-state index is -0.306. The Kier molecular flexibility index (Phi) is 3.25. The number of rotatable bonds is 3. The SMILES string of the molecule is CNCc1cc(OC)c(F)cc1C. The maximum absolute atomic E-state index is 13.1. The lowest BCUT2D eigenvalue weighted by Gasteiger charge is -2.08. The summed E-state index contributed by atoms with van der Waals surface area (Å²) in [5.74, 6) is -0.00398. The van der Waals surface area contributed by atoms with Gasteiger partial charge in [0.1, 0.15) is 0 Å². The molecule has 0 amide bonds. The molecule has 1 rings (SSSR count). The number of methoxy groups -OCH3 is 1. The van der Waals surface area contributed by atoms with E-state index in [1.807, 2.05) is 14.0 Å². The third-order valence-corrected chi connectivity index (χ3v) is 1.98. The molecule has 0 radical (unpaired) electrons. The van der Waals surface area contributed by atoms with Gasteiger partial charge in [0.05, 0.1) is 7.11 Å². The maximum Gasteiger partial charge on any atom is 0.165 e. The first-order valence-electron chi connectivity index (χ1n) is 4.16. The van der Waals surface area contributed by atoms with Gasteiger partial charge in [-0.25, -0.2) is 4.39 Å². The van der Waals surface area contributed by atoms with Crippen molar-refractivity contribution in [2.45, 2.75) is 13.5 Å². The highest BCUT2D eigenvalue weighted by Gasteiger charge is 2.06. The molecule has 0 fully saturated rings. The minimum absolute atomic E-state index is 0.302. The molecular formula is C10H14FNO. The molecule has 1 aromatic rings. The first-order chi connectivity index (χ1) is 6.19. The first-order valence-corrected chi connectivity index (χ1v) is 4.16. The Balaban J connectivity index is 3.06. The molecule has 0 spiro atoms. The summed E-state index contributed by atoms with van der Waals surface area (Å²) in [5, 5.41) is 3.02. The summed E-state index contributed by atoms with van der Waals surface area (Å²) in [6.07, 6.45) is 0. The van der Waals surface area contributed by atoms with Gasteiger partial charge in [-0.15, -0.1) is 0 Å². The fourth-order valence-electron chi connectivity index (χ4n) is 1.23. The Bertz CT molecular complexity index is 299. The van der Waals surface area contributed by atoms with Gasteiger partial charge in [0, 0.05) is 6.54 Å². The smallest absolute Gasteiger partial charge is 0.165 e. The zero-order valence-corrected chi connectivity index (χ0v) is 8.15. The summed E-state index contributed by atoms with van der Waals surface area (Å²) in [6.45, 7) is 2.61. The Hall–Kier alpha value is -1.09. The van der Waals surface area contributed by atoms with Crippen molar-refractivity contribution in [1.82, 2.24) is 5.32 Å². The van der Waals surface area contributed by atoms with Crippen LogP contribution in [0.4, 0.5) is 4.39 Å². The second-order valence-corrected chi connectivity index (χ2v) is 2.94. The van der Waals surface area contributed by atoms with E-state index in [2.05, 4.69) is 5.32 Å². The van der Waals surface area contributed by atoms with Crippen molar-refractivity contribution in [1.29, 1.82) is 0 Å². The molecule has 0 atom stereocenters. The van der Waals surface area contributed by atoms with Gasteiger partial charge in [0.25, 0.3) is 0 Å². The molecule has 3 heteroatoms. The van der Waals surface area contributed by atoms with Crippen LogP contribution in [-0.2, 0) is 6.54 Å². The van der Waals surface area contributed by atoms with E-state index >= 15 is 0 Å². The van der Waals surface area contributed by atoms with Gasteiger partial charge in [-0.05, 0) is 37.2 Å². The summed E-state index contributed by atoms with van der Waals surface area (Å²) < 4.78 is 18.0. The van der Waals surface area contributed by atoms with Gasteiger partial charge in [0.2, 0.25) is 0 Å². The monoisotopic (exact) mass is 183 g/mol. The molecule has 72 valence electrons. The lowest BCUT2D eigenvalue weighted by Crippen LogP contribution is -2.07. The molecule has 0 saturated heterocycles. The normalized spacial score (nSPS) is 10.2. The molecule has 0 saturated carbocycles. The van der Waals surface area contributed by atoms with E-state index in [1.165, 1.54) is 13.2 Å². The Labute approximate surface area is 77.7 Å². The maximum atomic E-state index is 13.1. The number of aryl methyl sites for hydroxylation is 1. The largest absolute Gasteiger partial charge is 0.494 e. The third-order valence-electron chi connectivity index (χ3n) is 1.98. The van der Waals surface area contributed by atoms with Gasteiger partial charge < -0.3 is 10.1 Å². The highest BCUT2D eigenvalue weighted by molar-refractivity contribution is 5.36. The highest BCUT2D eigenvalue weighted by Crippen LogP contribution is 2.21. The van der Waals surface area contributed by atoms with Crippen molar-refractivity contribution < 1.29 is 9.13 Å². The molecule has 0 aliphatic rings. The van der Waals surface area contributed by atoms with Crippen molar-refractivity contribution in [2.75, 3.05) is 14.2 Å². The lowest BCUT2D eigenvalue weighted by atomic mass is 10.1. The van der Waals surface area contributed by atoms with E-state index in [1.54, 1.807) is 6.07 Å². The predicted octanol–water partition coefficient (Wildman–Crippen LogP) is 1.86. The van der Waals surface area contributed by atoms with E-state index < -0.39 is 0 Å². The summed E-state index contributed by atoms with van der Waals surface area (Å²) in [5.41, 5.74) is 1.99. The van der Waals surface area contributed by atoms with Crippen LogP contribution in [0.25, 0.3) is 0 Å². The molecule has 1 aromatic carbocycles. The average Bonchev–Trinajstić information content (AvgIpc) is 2.10. The molecule has 1 N–H and O–H groups in total. The zero-order chi connectivity index (χ0) is 9.84. The third kappa shape index (κ3) is 2.18. The molecular weight excluding hydrogens is 169 g/mol. The topological polar surface area (TPSA) is 21.3 Å². The average molecular weight is 183 g/mol. The van der Waals surface area contributed by atoms with E-state index in [9.17, 15) is 4.39 Å². The Morgan fingerprint density at radius 2 is 2.15 bits per heavy atom. The van der Waals surface area contributed by atoms with E-state index in [-0.39, 0.29) is 5.82 Å². The number of nitrogens with one attached hydrogen (secondary N) is 1. The fourth-order valence-corrected chi connectivity index (χ4v) is 1.23. The van der Waals surface area contributed by atoms with Crippen molar-refractivity contribution in [3.05, 3.63) is 29.1 Å². The summed E-state index contributed by atoms with van der Waals surface area (Å²) >= 11 is 0. The van der Waals surface area contributed by atoms with Crippen LogP contribution < -0.4 is 10.1 Å². The van der Waals surface area contributed by atoms with Gasteiger partial charge in [-0.3, -0.25) is 0 Å². The number of hydrogen-bond donors (Lipinski definition) is 1. The number of halogens is 1. The molecule has 0 aromatic heterocycles. The van der Waals surface area contributed by atoms with E-state index in [0.717, 1.165) is 17.7 Å². The molecule has 0 unspecified atom stereocenters. The van der Waals surface area contributed by atoms with Crippen molar-refractivity contribution in [3.63, 3.8) is 0 Å². The van der Waals surface area contributed by atoms with Crippen LogP contribution >= 0.6 is 0 Å². The Morgan fingerprint density at radius 3 is 2.69 bits per heavy atom. The van der Waals surface area contributed by atoms with Gasteiger partial charge in [-0.1, -0.05) is 0 Å². The zero-order valence-electron chi connectivity index (χ0n) is 8.15. The molecule has 0 bridgehead atoms. The van der Waals surface area contributed by atoms with E-state index in [4.69, 9.17) is 4.74 Å². The standard InChI is InChI=1S/C10H14FNO/c1-7-4-9(11)10(13-3)5-8(7)6-12-2/h4-5,12H,6H2,1-3H3. The molecule has 13 heavy (non-hydrogen) atoms. The quantitative estimate of drug-likeness (QED) is 0.772. The molecule has 0 heterocycles. The van der Waals surface area contributed by atoms with E-state index in [0.29, 0.717) is 5.75 Å². The van der Waals surface area contributed by atoms with Crippen LogP contribution in [0.5, 0.6) is 5.75 Å². The van der Waals surface area contributed by atoms with Crippen LogP contribution in [0.3, 0.4) is 0 Å². The summed E-state index contributed by atoms with van der Waals surface area (Å²) in [7, 11) is 3.33. The highest BCUT2D eigenvalue weighted by atomic mass is 19.1. The second-order valence-electron chi connectivity index (χ2n) is 2.94. The van der Waals surface area contributed by atoms with Gasteiger partial charge in [-0.2, -0.15) is 0 Å². The van der Waals surface area contributed by atoms with Crippen molar-refractivity contribution in [3.8, 4) is 5.75 Å². The Morgan fingerprint density at radius 1 is 1.46 bits per heavy atom. The number of hydrogen-bond acceptors (Lipinski definition) is 2. The first kappa shape index (κ1) is 9.99. The summed E-state index contributed by atoms with van der Waals surface area (Å²) in [6, 6.07) is 3.21. The van der Waals surface area contributed by atoms with Crippen LogP contribution in [0.1, 0.15) is 11.1 Å². The predicted molar refractivity (Wildman–Crippen MR) is 50.5 cm³/mol. The van der Waals surface area contributed by atoms with Crippen LogP contribution in [0, 0.1) is 12.7 Å². The fraction of sp³-hybridized carbons (Fsp3) is 0.400. The molecule has 0 aliphatic heterocycles. The van der Waals surface area contributed by atoms with Crippen LogP contribution in [-0.4, -0.2) is 14.2 Å². The molecule has 0 aliphatic carbocycles. The van der Waals surface area contributed by atoms with Gasteiger partial charge in [0.15, 0.2) is 11.6 Å². The number of benzene rings is 1. The second kappa shape index (κ2) is 4.23. The lowest BCUT2D eigenvalue weighted by molar-refractivity contribution is 0.385. The summed E-state index contributed by atoms with van der Waals surface area (Å²) in [4.78, 5) is 0. The van der Waals surface area contributed by atoms with Crippen molar-refractivity contribution >= 4 is 0 Å². The number of ether oxygens (including phenoxy) is 1. The van der Waals surface area contributed by atoms with Gasteiger partial charge >= 0.3 is 0 Å². The minimum Gasteiger partial charge on any atom is -0.494 e. The van der Waals surface area contributed by atoms with Crippen molar-refractivity contribution in [2.24, 2.45) is 0 Å². The van der Waals surface area contributed by atoms with Crippen LogP contribution in [0.2, 0.25) is 0 Å².